The van der Waals surface area contributed by atoms with Crippen LogP contribution in [0.1, 0.15) is 0 Å². The van der Waals surface area contributed by atoms with Crippen molar-refractivity contribution in [1.82, 2.24) is 0 Å². The smallest absolute Gasteiger partial charge is 0.154 e. The van der Waals surface area contributed by atoms with Gasteiger partial charge < -0.3 is 5.11 Å². The maximum Gasteiger partial charge on any atom is 0.154 e. The predicted octanol–water partition coefficient (Wildman–Crippen LogP) is 2.58. The molecule has 0 amide bonds. The number of hydrogen-bond donors (Lipinski definition) is 2. The number of hydrogen-bond acceptors (Lipinski definition) is 2. The van der Waals surface area contributed by atoms with Gasteiger partial charge in [0.25, 0.3) is 0 Å². The number of rotatable bonds is 0. The van der Waals surface area contributed by atoms with Crippen molar-refractivity contribution in [2.75, 3.05) is 0 Å². The maximum absolute atomic E-state index is 12.7. The second-order valence-corrected chi connectivity index (χ2v) is 3.01. The Hall–Kier alpha value is -0.220. The van der Waals surface area contributed by atoms with Crippen LogP contribution in [0.3, 0.4) is 0 Å². The molecule has 0 saturated heterocycles. The molecule has 1 nitrogen and oxygen atoms in total. The highest BCUT2D eigenvalue weighted by Crippen LogP contribution is 2.29. The van der Waals surface area contributed by atoms with Crippen molar-refractivity contribution in [3.63, 3.8) is 0 Å². The van der Waals surface area contributed by atoms with Crippen molar-refractivity contribution in [3.8, 4) is 5.75 Å². The summed E-state index contributed by atoms with van der Waals surface area (Å²) in [5.74, 6) is -0.654. The van der Waals surface area contributed by atoms with E-state index in [4.69, 9.17) is 5.11 Å². The number of thiol groups is 1. The van der Waals surface area contributed by atoms with E-state index in [2.05, 4.69) is 28.6 Å². The molecule has 0 radical (unpaired) electrons. The van der Waals surface area contributed by atoms with E-state index in [0.29, 0.717) is 0 Å². The van der Waals surface area contributed by atoms with E-state index in [9.17, 15) is 4.39 Å². The summed E-state index contributed by atoms with van der Waals surface area (Å²) in [5.41, 5.74) is 0. The van der Waals surface area contributed by atoms with Crippen LogP contribution < -0.4 is 0 Å². The first-order valence-corrected chi connectivity index (χ1v) is 3.73. The standard InChI is InChI=1S/C6H4BrFOS/c7-5-3(9)1-2-4(10)6(5)8/h1-2,9-10H. The van der Waals surface area contributed by atoms with Crippen molar-refractivity contribution in [3.05, 3.63) is 22.4 Å². The normalized spacial score (nSPS) is 9.90. The summed E-state index contributed by atoms with van der Waals surface area (Å²) in [6, 6.07) is 2.76. The van der Waals surface area contributed by atoms with Crippen molar-refractivity contribution < 1.29 is 9.50 Å². The Bertz CT molecular complexity index is 237. The third-order valence-electron chi connectivity index (χ3n) is 1.04. The molecule has 0 unspecified atom stereocenters. The van der Waals surface area contributed by atoms with Gasteiger partial charge in [0.2, 0.25) is 0 Å². The van der Waals surface area contributed by atoms with E-state index < -0.39 is 5.82 Å². The summed E-state index contributed by atoms with van der Waals surface area (Å²) < 4.78 is 12.8. The zero-order valence-corrected chi connectivity index (χ0v) is 7.29. The molecule has 0 aliphatic carbocycles. The molecule has 1 rings (SSSR count). The van der Waals surface area contributed by atoms with Crippen molar-refractivity contribution in [2.24, 2.45) is 0 Å². The molecule has 1 N–H and O–H groups in total. The van der Waals surface area contributed by atoms with Crippen LogP contribution in [-0.4, -0.2) is 5.11 Å². The molecule has 0 heterocycles. The molecule has 1 aromatic carbocycles. The van der Waals surface area contributed by atoms with Crippen molar-refractivity contribution in [2.45, 2.75) is 4.90 Å². The van der Waals surface area contributed by atoms with Crippen molar-refractivity contribution in [1.29, 1.82) is 0 Å². The van der Waals surface area contributed by atoms with Crippen LogP contribution in [0.15, 0.2) is 21.5 Å². The van der Waals surface area contributed by atoms with Crippen LogP contribution >= 0.6 is 28.6 Å². The Morgan fingerprint density at radius 2 is 2.10 bits per heavy atom. The third-order valence-corrected chi connectivity index (χ3v) is 2.14. The Kier molecular flexibility index (Phi) is 2.21. The zero-order chi connectivity index (χ0) is 7.72. The minimum Gasteiger partial charge on any atom is -0.507 e. The first-order chi connectivity index (χ1) is 4.63. The second-order valence-electron chi connectivity index (χ2n) is 1.73. The lowest BCUT2D eigenvalue weighted by Crippen LogP contribution is -1.79. The monoisotopic (exact) mass is 222 g/mol. The van der Waals surface area contributed by atoms with Gasteiger partial charge in [0.15, 0.2) is 5.82 Å². The molecule has 0 aliphatic heterocycles. The average Bonchev–Trinajstić information content (AvgIpc) is 1.93. The van der Waals surface area contributed by atoms with Crippen LogP contribution in [-0.2, 0) is 0 Å². The zero-order valence-electron chi connectivity index (χ0n) is 4.81. The van der Waals surface area contributed by atoms with Gasteiger partial charge in [-0.05, 0) is 28.1 Å². The molecule has 1 aromatic rings. The summed E-state index contributed by atoms with van der Waals surface area (Å²) in [6.45, 7) is 0. The first kappa shape index (κ1) is 7.88. The topological polar surface area (TPSA) is 20.2 Å². The minimum absolute atomic E-state index is 0.0556. The predicted molar refractivity (Wildman–Crippen MR) is 43.0 cm³/mol. The van der Waals surface area contributed by atoms with Gasteiger partial charge in [-0.2, -0.15) is 0 Å². The van der Waals surface area contributed by atoms with Crippen LogP contribution in [0, 0.1) is 5.82 Å². The molecule has 10 heavy (non-hydrogen) atoms. The largest absolute Gasteiger partial charge is 0.507 e. The van der Waals surface area contributed by atoms with E-state index in [1.807, 2.05) is 0 Å². The lowest BCUT2D eigenvalue weighted by atomic mass is 10.3. The van der Waals surface area contributed by atoms with E-state index in [0.717, 1.165) is 0 Å². The Balaban J connectivity index is 3.34. The van der Waals surface area contributed by atoms with E-state index >= 15 is 0 Å². The molecule has 0 atom stereocenters. The van der Waals surface area contributed by atoms with Crippen LogP contribution in [0.2, 0.25) is 0 Å². The molecule has 0 spiro atoms. The van der Waals surface area contributed by atoms with Gasteiger partial charge in [0.1, 0.15) is 5.75 Å². The molecular weight excluding hydrogens is 219 g/mol. The van der Waals surface area contributed by atoms with E-state index in [1.165, 1.54) is 12.1 Å². The summed E-state index contributed by atoms with van der Waals surface area (Å²) in [5, 5.41) is 8.90. The molecule has 54 valence electrons. The average molecular weight is 223 g/mol. The Morgan fingerprint density at radius 3 is 2.60 bits per heavy atom. The number of halogens is 2. The molecule has 0 fully saturated rings. The van der Waals surface area contributed by atoms with E-state index in [1.54, 1.807) is 0 Å². The number of benzene rings is 1. The van der Waals surface area contributed by atoms with Gasteiger partial charge in [0, 0.05) is 4.90 Å². The molecule has 0 bridgehead atoms. The quantitative estimate of drug-likeness (QED) is 0.647. The summed E-state index contributed by atoms with van der Waals surface area (Å²) in [7, 11) is 0. The molecule has 0 aliphatic rings. The lowest BCUT2D eigenvalue weighted by Gasteiger charge is -1.99. The van der Waals surface area contributed by atoms with Crippen LogP contribution in [0.4, 0.5) is 4.39 Å². The highest BCUT2D eigenvalue weighted by Gasteiger charge is 2.06. The fourth-order valence-corrected chi connectivity index (χ4v) is 1.21. The molecule has 0 aromatic heterocycles. The second kappa shape index (κ2) is 2.80. The van der Waals surface area contributed by atoms with Gasteiger partial charge in [-0.15, -0.1) is 12.6 Å². The van der Waals surface area contributed by atoms with Gasteiger partial charge in [-0.25, -0.2) is 4.39 Å². The number of phenols is 1. The van der Waals surface area contributed by atoms with Crippen LogP contribution in [0.25, 0.3) is 0 Å². The van der Waals surface area contributed by atoms with E-state index in [-0.39, 0.29) is 15.1 Å². The maximum atomic E-state index is 12.7. The molecule has 0 saturated carbocycles. The highest BCUT2D eigenvalue weighted by atomic mass is 79.9. The summed E-state index contributed by atoms with van der Waals surface area (Å²) >= 11 is 6.65. The first-order valence-electron chi connectivity index (χ1n) is 2.49. The molecular formula is C6H4BrFOS. The third kappa shape index (κ3) is 1.27. The number of aromatic hydroxyl groups is 1. The lowest BCUT2D eigenvalue weighted by molar-refractivity contribution is 0.461. The minimum atomic E-state index is -0.539. The Labute approximate surface area is 71.4 Å². The van der Waals surface area contributed by atoms with Gasteiger partial charge in [0.05, 0.1) is 4.47 Å². The van der Waals surface area contributed by atoms with Crippen LogP contribution in [0.5, 0.6) is 5.75 Å². The fraction of sp³-hybridized carbons (Fsp3) is 0. The Morgan fingerprint density at radius 1 is 1.50 bits per heavy atom. The van der Waals surface area contributed by atoms with Gasteiger partial charge in [-0.1, -0.05) is 0 Å². The fourth-order valence-electron chi connectivity index (χ4n) is 0.529. The molecule has 4 heteroatoms. The highest BCUT2D eigenvalue weighted by molar-refractivity contribution is 9.10. The SMILES string of the molecule is Oc1ccc(S)c(F)c1Br. The summed E-state index contributed by atoms with van der Waals surface area (Å²) in [4.78, 5) is 0.213. The van der Waals surface area contributed by atoms with Crippen molar-refractivity contribution >= 4 is 28.6 Å². The van der Waals surface area contributed by atoms with Gasteiger partial charge in [-0.3, -0.25) is 0 Å². The number of phenolic OH excluding ortho intramolecular Hbond substituents is 1. The summed E-state index contributed by atoms with van der Waals surface area (Å²) in [6.07, 6.45) is 0. The van der Waals surface area contributed by atoms with Gasteiger partial charge >= 0.3 is 0 Å².